The summed E-state index contributed by atoms with van der Waals surface area (Å²) in [7, 11) is 0. The molecule has 0 saturated heterocycles. The van der Waals surface area contributed by atoms with Crippen molar-refractivity contribution in [3.05, 3.63) is 12.7 Å². The average molecular weight is 170 g/mol. The molecule has 0 aromatic rings. The third kappa shape index (κ3) is 2.85. The molecule has 0 aromatic carbocycles. The number of rotatable bonds is 3. The Kier molecular flexibility index (Phi) is 3.87. The summed E-state index contributed by atoms with van der Waals surface area (Å²) < 4.78 is 35.3. The Morgan fingerprint density at radius 3 is 1.67 bits per heavy atom. The standard InChI is InChI=1S/C3H6O4S2/c1-2-3(8(4)5)9(6)7/h2-3H,1H2,(H,4,5)(H,6,7). The molecule has 0 spiro atoms. The van der Waals surface area contributed by atoms with Gasteiger partial charge in [-0.15, -0.1) is 6.58 Å². The van der Waals surface area contributed by atoms with E-state index in [4.69, 9.17) is 9.11 Å². The van der Waals surface area contributed by atoms with Crippen molar-refractivity contribution in [2.45, 2.75) is 4.58 Å². The minimum Gasteiger partial charge on any atom is -0.305 e. The fourth-order valence-corrected chi connectivity index (χ4v) is 1.13. The van der Waals surface area contributed by atoms with Crippen LogP contribution in [0, 0.1) is 0 Å². The van der Waals surface area contributed by atoms with Gasteiger partial charge in [0.05, 0.1) is 0 Å². The second kappa shape index (κ2) is 3.89. The van der Waals surface area contributed by atoms with E-state index in [2.05, 4.69) is 6.58 Å². The zero-order valence-electron chi connectivity index (χ0n) is 4.39. The van der Waals surface area contributed by atoms with E-state index in [1.54, 1.807) is 0 Å². The first kappa shape index (κ1) is 8.96. The van der Waals surface area contributed by atoms with Crippen LogP contribution in [0.25, 0.3) is 0 Å². The third-order valence-electron chi connectivity index (χ3n) is 0.590. The van der Waals surface area contributed by atoms with E-state index in [0.717, 1.165) is 6.08 Å². The maximum absolute atomic E-state index is 10.1. The average Bonchev–Trinajstić information content (AvgIpc) is 1.64. The van der Waals surface area contributed by atoms with Gasteiger partial charge in [0.2, 0.25) is 0 Å². The van der Waals surface area contributed by atoms with Crippen LogP contribution in [0.5, 0.6) is 0 Å². The van der Waals surface area contributed by atoms with E-state index in [-0.39, 0.29) is 0 Å². The summed E-state index contributed by atoms with van der Waals surface area (Å²) in [4.78, 5) is 0. The van der Waals surface area contributed by atoms with Crippen LogP contribution in [0.2, 0.25) is 0 Å². The zero-order valence-corrected chi connectivity index (χ0v) is 6.02. The molecule has 2 atom stereocenters. The minimum atomic E-state index is -2.30. The van der Waals surface area contributed by atoms with E-state index in [9.17, 15) is 8.42 Å². The Bertz CT molecular complexity index is 140. The van der Waals surface area contributed by atoms with Gasteiger partial charge >= 0.3 is 0 Å². The van der Waals surface area contributed by atoms with Crippen molar-refractivity contribution in [1.29, 1.82) is 0 Å². The van der Waals surface area contributed by atoms with Gasteiger partial charge in [-0.1, -0.05) is 6.08 Å². The van der Waals surface area contributed by atoms with Crippen molar-refractivity contribution in [2.75, 3.05) is 0 Å². The van der Waals surface area contributed by atoms with Crippen molar-refractivity contribution < 1.29 is 17.5 Å². The zero-order chi connectivity index (χ0) is 7.44. The molecule has 0 aliphatic heterocycles. The molecule has 0 aliphatic carbocycles. The quantitative estimate of drug-likeness (QED) is 0.459. The molecule has 0 aromatic heterocycles. The Morgan fingerprint density at radius 2 is 1.67 bits per heavy atom. The summed E-state index contributed by atoms with van der Waals surface area (Å²) in [6, 6.07) is 0. The van der Waals surface area contributed by atoms with Crippen molar-refractivity contribution >= 4 is 22.2 Å². The van der Waals surface area contributed by atoms with Crippen LogP contribution in [0.1, 0.15) is 0 Å². The molecule has 0 fully saturated rings. The van der Waals surface area contributed by atoms with Crippen LogP contribution in [0.3, 0.4) is 0 Å². The predicted molar refractivity (Wildman–Crippen MR) is 35.5 cm³/mol. The van der Waals surface area contributed by atoms with Gasteiger partial charge in [0.25, 0.3) is 0 Å². The smallest absolute Gasteiger partial charge is 0.179 e. The normalized spacial score (nSPS) is 20.2. The van der Waals surface area contributed by atoms with Gasteiger partial charge in [0.1, 0.15) is 0 Å². The summed E-state index contributed by atoms with van der Waals surface area (Å²) in [5.74, 6) is 0. The molecular formula is C3H6O4S2. The van der Waals surface area contributed by atoms with Crippen LogP contribution in [0.15, 0.2) is 12.7 Å². The van der Waals surface area contributed by atoms with Crippen LogP contribution < -0.4 is 0 Å². The van der Waals surface area contributed by atoms with E-state index in [1.807, 2.05) is 0 Å². The molecule has 0 radical (unpaired) electrons. The monoisotopic (exact) mass is 170 g/mol. The van der Waals surface area contributed by atoms with E-state index in [1.165, 1.54) is 0 Å². The van der Waals surface area contributed by atoms with Crippen LogP contribution in [-0.4, -0.2) is 22.1 Å². The second-order valence-corrected chi connectivity index (χ2v) is 3.58. The molecule has 0 amide bonds. The lowest BCUT2D eigenvalue weighted by Gasteiger charge is -1.98. The van der Waals surface area contributed by atoms with E-state index >= 15 is 0 Å². The fraction of sp³-hybridized carbons (Fsp3) is 0.333. The number of hydrogen-bond acceptors (Lipinski definition) is 2. The van der Waals surface area contributed by atoms with Gasteiger partial charge in [0, 0.05) is 0 Å². The van der Waals surface area contributed by atoms with Crippen molar-refractivity contribution in [1.82, 2.24) is 0 Å². The highest BCUT2D eigenvalue weighted by Gasteiger charge is 2.16. The lowest BCUT2D eigenvalue weighted by molar-refractivity contribution is 0.547. The molecule has 0 heterocycles. The molecule has 2 unspecified atom stereocenters. The summed E-state index contributed by atoms with van der Waals surface area (Å²) in [6.07, 6.45) is 0.965. The Morgan fingerprint density at radius 1 is 1.33 bits per heavy atom. The van der Waals surface area contributed by atoms with Gasteiger partial charge in [-0.25, -0.2) is 8.42 Å². The van der Waals surface area contributed by atoms with Crippen molar-refractivity contribution in [3.63, 3.8) is 0 Å². The summed E-state index contributed by atoms with van der Waals surface area (Å²) >= 11 is -4.60. The van der Waals surface area contributed by atoms with E-state index in [0.29, 0.717) is 0 Å². The van der Waals surface area contributed by atoms with E-state index < -0.39 is 26.7 Å². The lowest BCUT2D eigenvalue weighted by Crippen LogP contribution is -2.16. The SMILES string of the molecule is C=CC(S(=O)O)S(=O)O. The Balaban J connectivity index is 4.16. The molecule has 0 aliphatic rings. The first-order chi connectivity index (χ1) is 4.09. The molecule has 0 bridgehead atoms. The molecule has 54 valence electrons. The highest BCUT2D eigenvalue weighted by atomic mass is 32.3. The van der Waals surface area contributed by atoms with Gasteiger partial charge in [-0.2, -0.15) is 0 Å². The first-order valence-electron chi connectivity index (χ1n) is 1.91. The lowest BCUT2D eigenvalue weighted by atomic mass is 10.8. The topological polar surface area (TPSA) is 74.6 Å². The first-order valence-corrected chi connectivity index (χ1v) is 4.25. The summed E-state index contributed by atoms with van der Waals surface area (Å²) in [5.41, 5.74) is 0. The molecule has 9 heavy (non-hydrogen) atoms. The maximum Gasteiger partial charge on any atom is 0.179 e. The largest absolute Gasteiger partial charge is 0.305 e. The highest BCUT2D eigenvalue weighted by Crippen LogP contribution is 1.97. The molecule has 4 nitrogen and oxygen atoms in total. The molecule has 0 rings (SSSR count). The molecule has 2 N–H and O–H groups in total. The van der Waals surface area contributed by atoms with Gasteiger partial charge in [0.15, 0.2) is 26.7 Å². The third-order valence-corrected chi connectivity index (χ3v) is 2.76. The minimum absolute atomic E-state index is 0.965. The van der Waals surface area contributed by atoms with Crippen LogP contribution >= 0.6 is 0 Å². The number of hydrogen-bond donors (Lipinski definition) is 2. The Labute approximate surface area is 57.5 Å². The molecular weight excluding hydrogens is 164 g/mol. The van der Waals surface area contributed by atoms with Crippen molar-refractivity contribution in [3.8, 4) is 0 Å². The van der Waals surface area contributed by atoms with Gasteiger partial charge < -0.3 is 9.11 Å². The molecule has 0 saturated carbocycles. The van der Waals surface area contributed by atoms with Gasteiger partial charge in [-0.3, -0.25) is 0 Å². The van der Waals surface area contributed by atoms with Crippen molar-refractivity contribution in [2.24, 2.45) is 0 Å². The fourth-order valence-electron chi connectivity index (χ4n) is 0.235. The second-order valence-electron chi connectivity index (χ2n) is 1.16. The summed E-state index contributed by atoms with van der Waals surface area (Å²) in [5, 5.41) is 0. The van der Waals surface area contributed by atoms with Gasteiger partial charge in [-0.05, 0) is 0 Å². The molecule has 6 heteroatoms. The predicted octanol–water partition coefficient (Wildman–Crippen LogP) is -0.0581. The summed E-state index contributed by atoms with van der Waals surface area (Å²) in [6.45, 7) is 3.10. The highest BCUT2D eigenvalue weighted by molar-refractivity contribution is 7.98. The van der Waals surface area contributed by atoms with Crippen LogP contribution in [0.4, 0.5) is 0 Å². The van der Waals surface area contributed by atoms with Crippen LogP contribution in [-0.2, 0) is 22.2 Å². The maximum atomic E-state index is 10.1. The Hall–Kier alpha value is -0.0400.